The molecule has 0 fully saturated rings. The van der Waals surface area contributed by atoms with Crippen molar-refractivity contribution in [3.63, 3.8) is 0 Å². The van der Waals surface area contributed by atoms with Crippen LogP contribution in [0.5, 0.6) is 0 Å². The van der Waals surface area contributed by atoms with Crippen molar-refractivity contribution in [3.05, 3.63) is 81.5 Å². The second kappa shape index (κ2) is 11.6. The number of para-hydroxylation sites is 2. The van der Waals surface area contributed by atoms with Crippen molar-refractivity contribution in [3.8, 4) is 0 Å². The van der Waals surface area contributed by atoms with E-state index in [4.69, 9.17) is 0 Å². The molecule has 3 aromatic rings. The molecule has 2 aromatic carbocycles. The van der Waals surface area contributed by atoms with Gasteiger partial charge in [0.25, 0.3) is 11.8 Å². The molecule has 8 nitrogen and oxygen atoms in total. The molecule has 2 atom stereocenters. The second-order valence-corrected chi connectivity index (χ2v) is 10.2. The average molecular weight is 509 g/mol. The van der Waals surface area contributed by atoms with Crippen LogP contribution in [0.4, 0.5) is 11.4 Å². The number of benzene rings is 2. The van der Waals surface area contributed by atoms with Gasteiger partial charge in [-0.05, 0) is 48.2 Å². The zero-order valence-electron chi connectivity index (χ0n) is 20.4. The highest BCUT2D eigenvalue weighted by atomic mass is 32.1. The third-order valence-electron chi connectivity index (χ3n) is 6.55. The van der Waals surface area contributed by atoms with Gasteiger partial charge in [-0.3, -0.25) is 9.59 Å². The van der Waals surface area contributed by atoms with Crippen molar-refractivity contribution < 1.29 is 19.8 Å². The third-order valence-corrected chi connectivity index (χ3v) is 7.63. The number of fused-ring (bicyclic) bond motifs is 1. The van der Waals surface area contributed by atoms with Gasteiger partial charge in [0.1, 0.15) is 0 Å². The molecular weight excluding hydrogens is 476 g/mol. The van der Waals surface area contributed by atoms with Gasteiger partial charge in [0.15, 0.2) is 12.2 Å². The van der Waals surface area contributed by atoms with Crippen LogP contribution in [-0.2, 0) is 35.5 Å². The maximum Gasteiger partial charge on any atom is 0.254 e. The highest BCUT2D eigenvalue weighted by Crippen LogP contribution is 2.26. The van der Waals surface area contributed by atoms with Crippen molar-refractivity contribution in [2.75, 3.05) is 24.7 Å². The van der Waals surface area contributed by atoms with Gasteiger partial charge in [-0.15, -0.1) is 11.3 Å². The van der Waals surface area contributed by atoms with Crippen LogP contribution in [-0.4, -0.2) is 59.3 Å². The summed E-state index contributed by atoms with van der Waals surface area (Å²) in [5.74, 6) is -1.45. The first kappa shape index (κ1) is 25.7. The quantitative estimate of drug-likeness (QED) is 0.287. The Balaban J connectivity index is 1.25. The molecule has 5 N–H and O–H groups in total. The maximum atomic E-state index is 12.8. The summed E-state index contributed by atoms with van der Waals surface area (Å²) < 4.78 is 0. The van der Waals surface area contributed by atoms with E-state index in [1.54, 1.807) is 7.05 Å². The summed E-state index contributed by atoms with van der Waals surface area (Å²) in [5, 5.41) is 29.9. The molecule has 0 unspecified atom stereocenters. The minimum Gasteiger partial charge on any atom is -0.386 e. The van der Waals surface area contributed by atoms with E-state index in [0.717, 1.165) is 21.1 Å². The topological polar surface area (TPSA) is 114 Å². The summed E-state index contributed by atoms with van der Waals surface area (Å²) in [4.78, 5) is 28.7. The van der Waals surface area contributed by atoms with Gasteiger partial charge < -0.3 is 31.1 Å². The van der Waals surface area contributed by atoms with Gasteiger partial charge in [0.2, 0.25) is 0 Å². The molecule has 0 saturated heterocycles. The summed E-state index contributed by atoms with van der Waals surface area (Å²) >= 11 is 1.53. The fraction of sp³-hybridized carbons (Fsp3) is 0.333. The standard InChI is InChI=1S/C27H32N4O4S/c1-28-22-9-5-6-10-23(22)29-15-20-11-12-21(36-20)16-30-26(34)24(32)25(33)27(35)31(2)19-13-17-7-3-4-8-18(17)14-19/h3-12,19,24-25,28-29,32-33H,13-16H2,1-2H3,(H,30,34)/t24-,25-/m1/s1. The number of rotatable bonds is 10. The molecule has 1 aliphatic rings. The van der Waals surface area contributed by atoms with E-state index in [2.05, 4.69) is 16.0 Å². The van der Waals surface area contributed by atoms with Crippen LogP contribution in [0.1, 0.15) is 20.9 Å². The van der Waals surface area contributed by atoms with Crippen LogP contribution in [0, 0.1) is 0 Å². The lowest BCUT2D eigenvalue weighted by molar-refractivity contribution is -0.153. The molecule has 0 aliphatic heterocycles. The number of anilines is 2. The molecule has 0 spiro atoms. The van der Waals surface area contributed by atoms with Crippen LogP contribution in [0.25, 0.3) is 0 Å². The number of carbonyl (C=O) groups excluding carboxylic acids is 2. The van der Waals surface area contributed by atoms with E-state index in [9.17, 15) is 19.8 Å². The molecule has 0 bridgehead atoms. The first-order chi connectivity index (χ1) is 17.4. The summed E-state index contributed by atoms with van der Waals surface area (Å²) in [6.45, 7) is 0.826. The average Bonchev–Trinajstić information content (AvgIpc) is 3.55. The van der Waals surface area contributed by atoms with Gasteiger partial charge in [-0.2, -0.15) is 0 Å². The summed E-state index contributed by atoms with van der Waals surface area (Å²) in [7, 11) is 3.47. The Morgan fingerprint density at radius 2 is 1.50 bits per heavy atom. The first-order valence-electron chi connectivity index (χ1n) is 11.9. The lowest BCUT2D eigenvalue weighted by Gasteiger charge is -2.28. The van der Waals surface area contributed by atoms with E-state index in [1.807, 2.05) is 67.7 Å². The predicted molar refractivity (Wildman–Crippen MR) is 142 cm³/mol. The monoisotopic (exact) mass is 508 g/mol. The molecule has 190 valence electrons. The number of hydrogen-bond acceptors (Lipinski definition) is 7. The molecule has 2 amide bonds. The minimum atomic E-state index is -1.84. The number of nitrogens with one attached hydrogen (secondary N) is 3. The van der Waals surface area contributed by atoms with E-state index in [-0.39, 0.29) is 12.6 Å². The van der Waals surface area contributed by atoms with E-state index in [1.165, 1.54) is 27.4 Å². The van der Waals surface area contributed by atoms with Gasteiger partial charge in [0.05, 0.1) is 17.9 Å². The Labute approximate surface area is 215 Å². The highest BCUT2D eigenvalue weighted by Gasteiger charge is 2.36. The molecule has 9 heteroatoms. The Hall–Kier alpha value is -3.40. The second-order valence-electron chi connectivity index (χ2n) is 8.90. The molecule has 0 saturated carbocycles. The van der Waals surface area contributed by atoms with Crippen molar-refractivity contribution in [2.45, 2.75) is 44.2 Å². The predicted octanol–water partition coefficient (Wildman–Crippen LogP) is 2.37. The largest absolute Gasteiger partial charge is 0.386 e. The van der Waals surface area contributed by atoms with E-state index >= 15 is 0 Å². The summed E-state index contributed by atoms with van der Waals surface area (Å²) in [6.07, 6.45) is -2.30. The fourth-order valence-electron chi connectivity index (χ4n) is 4.41. The number of thiophene rings is 1. The lowest BCUT2D eigenvalue weighted by Crippen LogP contribution is -2.52. The highest BCUT2D eigenvalue weighted by molar-refractivity contribution is 7.12. The fourth-order valence-corrected chi connectivity index (χ4v) is 5.30. The minimum absolute atomic E-state index is 0.113. The van der Waals surface area contributed by atoms with Crippen molar-refractivity contribution in [2.24, 2.45) is 0 Å². The molecule has 1 aliphatic carbocycles. The first-order valence-corrected chi connectivity index (χ1v) is 12.7. The van der Waals surface area contributed by atoms with Gasteiger partial charge in [0, 0.05) is 36.4 Å². The molecule has 36 heavy (non-hydrogen) atoms. The molecule has 4 rings (SSSR count). The number of aliphatic hydroxyl groups excluding tert-OH is 2. The van der Waals surface area contributed by atoms with Crippen LogP contribution in [0.15, 0.2) is 60.7 Å². The zero-order chi connectivity index (χ0) is 25.7. The van der Waals surface area contributed by atoms with Crippen LogP contribution >= 0.6 is 11.3 Å². The number of nitrogens with zero attached hydrogens (tertiary/aromatic N) is 1. The number of hydrogen-bond donors (Lipinski definition) is 5. The SMILES string of the molecule is CNc1ccccc1NCc1ccc(CNC(=O)[C@H](O)[C@@H](O)C(=O)N(C)C2Cc3ccccc3C2)s1. The number of likely N-dealkylation sites (N-methyl/N-ethyl adjacent to an activating group) is 1. The van der Waals surface area contributed by atoms with Crippen LogP contribution < -0.4 is 16.0 Å². The summed E-state index contributed by atoms with van der Waals surface area (Å²) in [6, 6.07) is 19.7. The smallest absolute Gasteiger partial charge is 0.254 e. The van der Waals surface area contributed by atoms with E-state index in [0.29, 0.717) is 19.4 Å². The maximum absolute atomic E-state index is 12.8. The van der Waals surface area contributed by atoms with Crippen LogP contribution in [0.3, 0.4) is 0 Å². The van der Waals surface area contributed by atoms with Gasteiger partial charge in [-0.1, -0.05) is 36.4 Å². The lowest BCUT2D eigenvalue weighted by atomic mass is 10.1. The van der Waals surface area contributed by atoms with Crippen molar-refractivity contribution >= 4 is 34.5 Å². The van der Waals surface area contributed by atoms with Gasteiger partial charge >= 0.3 is 0 Å². The van der Waals surface area contributed by atoms with Crippen LogP contribution in [0.2, 0.25) is 0 Å². The molecule has 1 heterocycles. The Morgan fingerprint density at radius 1 is 0.917 bits per heavy atom. The number of carbonyl (C=O) groups is 2. The van der Waals surface area contributed by atoms with E-state index < -0.39 is 24.0 Å². The van der Waals surface area contributed by atoms with Crippen molar-refractivity contribution in [1.29, 1.82) is 0 Å². The Morgan fingerprint density at radius 3 is 2.14 bits per heavy atom. The van der Waals surface area contributed by atoms with Gasteiger partial charge in [-0.25, -0.2) is 0 Å². The molecule has 1 aromatic heterocycles. The Bertz CT molecular complexity index is 1190. The normalized spacial score (nSPS) is 14.6. The molecular formula is C27H32N4O4S. The van der Waals surface area contributed by atoms with Crippen molar-refractivity contribution in [1.82, 2.24) is 10.2 Å². The zero-order valence-corrected chi connectivity index (χ0v) is 21.2. The summed E-state index contributed by atoms with van der Waals surface area (Å²) in [5.41, 5.74) is 4.35. The third kappa shape index (κ3) is 5.87. The Kier molecular flexibility index (Phi) is 8.25. The number of amides is 2. The molecule has 0 radical (unpaired) electrons. The number of aliphatic hydroxyl groups is 2.